The van der Waals surface area contributed by atoms with Crippen molar-refractivity contribution in [1.82, 2.24) is 0 Å². The van der Waals surface area contributed by atoms with Crippen LogP contribution in [-0.4, -0.2) is 24.3 Å². The molecular weight excluding hydrogens is 328 g/mol. The molecule has 1 aromatic carbocycles. The van der Waals surface area contributed by atoms with Crippen molar-refractivity contribution < 1.29 is 19.4 Å². The van der Waals surface area contributed by atoms with Crippen LogP contribution < -0.4 is 4.74 Å². The summed E-state index contributed by atoms with van der Waals surface area (Å²) in [6.07, 6.45) is 7.96. The van der Waals surface area contributed by atoms with Crippen molar-refractivity contribution in [2.45, 2.75) is 77.2 Å². The first-order valence-corrected chi connectivity index (χ1v) is 10.2. The summed E-state index contributed by atoms with van der Waals surface area (Å²) in [6, 6.07) is 7.72. The van der Waals surface area contributed by atoms with E-state index in [-0.39, 0.29) is 11.9 Å². The Morgan fingerprint density at radius 3 is 2.35 bits per heavy atom. The smallest absolute Gasteiger partial charge is 0.308 e. The molecule has 0 radical (unpaired) electrons. The summed E-state index contributed by atoms with van der Waals surface area (Å²) in [4.78, 5) is 12.2. The van der Waals surface area contributed by atoms with Crippen molar-refractivity contribution in [1.29, 1.82) is 0 Å². The molecule has 1 aliphatic carbocycles. The third-order valence-corrected chi connectivity index (χ3v) is 5.25. The Labute approximate surface area is 157 Å². The minimum atomic E-state index is -0.846. The van der Waals surface area contributed by atoms with E-state index in [2.05, 4.69) is 13.8 Å². The van der Waals surface area contributed by atoms with Gasteiger partial charge in [-0.3, -0.25) is 4.79 Å². The predicted octanol–water partition coefficient (Wildman–Crippen LogP) is 4.98. The molecule has 1 saturated carbocycles. The molecule has 2 rings (SSSR count). The summed E-state index contributed by atoms with van der Waals surface area (Å²) in [5.41, 5.74) is 0.0639. The van der Waals surface area contributed by atoms with Gasteiger partial charge < -0.3 is 14.6 Å². The van der Waals surface area contributed by atoms with Crippen LogP contribution in [0, 0.1) is 5.92 Å². The van der Waals surface area contributed by atoms with E-state index in [1.165, 1.54) is 12.8 Å². The first-order chi connectivity index (χ1) is 12.6. The average molecular weight is 363 g/mol. The number of hydrogen-bond donors (Lipinski definition) is 1. The Hall–Kier alpha value is -1.55. The fourth-order valence-electron chi connectivity index (χ4n) is 3.52. The van der Waals surface area contributed by atoms with Gasteiger partial charge in [0, 0.05) is 0 Å². The molecule has 0 spiro atoms. The average Bonchev–Trinajstić information content (AvgIpc) is 2.67. The molecule has 1 aliphatic rings. The van der Waals surface area contributed by atoms with Crippen molar-refractivity contribution in [2.75, 3.05) is 13.2 Å². The van der Waals surface area contributed by atoms with Crippen LogP contribution in [-0.2, 0) is 15.1 Å². The summed E-state index contributed by atoms with van der Waals surface area (Å²) in [7, 11) is 0. The van der Waals surface area contributed by atoms with Gasteiger partial charge in [-0.25, -0.2) is 0 Å². The van der Waals surface area contributed by atoms with E-state index in [0.29, 0.717) is 38.9 Å². The molecule has 26 heavy (non-hydrogen) atoms. The lowest BCUT2D eigenvalue weighted by molar-refractivity contribution is -0.152. The number of carbonyl (C=O) groups excluding carboxylic acids is 1. The van der Waals surface area contributed by atoms with Crippen LogP contribution in [0.15, 0.2) is 24.3 Å². The largest absolute Gasteiger partial charge is 0.494 e. The summed E-state index contributed by atoms with van der Waals surface area (Å²) in [5.74, 6) is 0.667. The van der Waals surface area contributed by atoms with Gasteiger partial charge in [0.25, 0.3) is 0 Å². The fraction of sp³-hybridized carbons (Fsp3) is 0.682. The molecular formula is C22H34O4. The highest BCUT2D eigenvalue weighted by molar-refractivity contribution is 5.72. The second-order valence-electron chi connectivity index (χ2n) is 7.41. The Kier molecular flexibility index (Phi) is 8.43. The van der Waals surface area contributed by atoms with Gasteiger partial charge in [-0.05, 0) is 56.2 Å². The Bertz CT molecular complexity index is 530. The van der Waals surface area contributed by atoms with Gasteiger partial charge in [-0.1, -0.05) is 45.2 Å². The number of rotatable bonds is 10. The molecule has 1 N–H and O–H groups in total. The van der Waals surface area contributed by atoms with Crippen LogP contribution >= 0.6 is 0 Å². The van der Waals surface area contributed by atoms with E-state index >= 15 is 0 Å². The van der Waals surface area contributed by atoms with E-state index in [0.717, 1.165) is 30.6 Å². The molecule has 0 aromatic heterocycles. The highest BCUT2D eigenvalue weighted by Gasteiger charge is 2.37. The number of benzene rings is 1. The zero-order valence-corrected chi connectivity index (χ0v) is 16.3. The fourth-order valence-corrected chi connectivity index (χ4v) is 3.52. The van der Waals surface area contributed by atoms with E-state index in [9.17, 15) is 9.90 Å². The quantitative estimate of drug-likeness (QED) is 0.471. The van der Waals surface area contributed by atoms with Crippen molar-refractivity contribution in [3.8, 4) is 5.75 Å². The summed E-state index contributed by atoms with van der Waals surface area (Å²) >= 11 is 0. The maximum atomic E-state index is 12.2. The van der Waals surface area contributed by atoms with Gasteiger partial charge in [-0.15, -0.1) is 0 Å². The van der Waals surface area contributed by atoms with Crippen molar-refractivity contribution in [2.24, 2.45) is 5.92 Å². The Morgan fingerprint density at radius 2 is 1.73 bits per heavy atom. The van der Waals surface area contributed by atoms with Gasteiger partial charge in [0.05, 0.1) is 24.7 Å². The standard InChI is InChI=1S/C22H34O4/c1-3-5-6-7-17-26-21(23)18-12-14-22(24,15-13-18)19-8-10-20(11-9-19)25-16-4-2/h8-11,18,24H,3-7,12-17H2,1-2H3. The molecule has 0 bridgehead atoms. The summed E-state index contributed by atoms with van der Waals surface area (Å²) in [6.45, 7) is 5.47. The molecule has 4 nitrogen and oxygen atoms in total. The van der Waals surface area contributed by atoms with Crippen molar-refractivity contribution in [3.63, 3.8) is 0 Å². The number of aliphatic hydroxyl groups is 1. The molecule has 0 amide bonds. The summed E-state index contributed by atoms with van der Waals surface area (Å²) in [5, 5.41) is 11.0. The van der Waals surface area contributed by atoms with Crippen molar-refractivity contribution in [3.05, 3.63) is 29.8 Å². The first kappa shape index (κ1) is 20.8. The van der Waals surface area contributed by atoms with E-state index < -0.39 is 5.60 Å². The van der Waals surface area contributed by atoms with Crippen LogP contribution in [0.2, 0.25) is 0 Å². The molecule has 0 saturated heterocycles. The Balaban J connectivity index is 1.79. The highest BCUT2D eigenvalue weighted by Crippen LogP contribution is 2.40. The summed E-state index contributed by atoms with van der Waals surface area (Å²) < 4.78 is 11.0. The lowest BCUT2D eigenvalue weighted by atomic mass is 9.75. The van der Waals surface area contributed by atoms with Gasteiger partial charge in [0.15, 0.2) is 0 Å². The molecule has 0 atom stereocenters. The van der Waals surface area contributed by atoms with Crippen molar-refractivity contribution >= 4 is 5.97 Å². The highest BCUT2D eigenvalue weighted by atomic mass is 16.5. The maximum absolute atomic E-state index is 12.2. The third-order valence-electron chi connectivity index (χ3n) is 5.25. The minimum absolute atomic E-state index is 0.0754. The van der Waals surface area contributed by atoms with Gasteiger partial charge in [-0.2, -0.15) is 0 Å². The van der Waals surface area contributed by atoms with Crippen LogP contribution in [0.25, 0.3) is 0 Å². The monoisotopic (exact) mass is 362 g/mol. The van der Waals surface area contributed by atoms with Gasteiger partial charge >= 0.3 is 5.97 Å². The molecule has 146 valence electrons. The molecule has 0 aliphatic heterocycles. The minimum Gasteiger partial charge on any atom is -0.494 e. The second-order valence-corrected chi connectivity index (χ2v) is 7.41. The lowest BCUT2D eigenvalue weighted by Crippen LogP contribution is -2.34. The first-order valence-electron chi connectivity index (χ1n) is 10.2. The number of ether oxygens (including phenoxy) is 2. The van der Waals surface area contributed by atoms with Crippen LogP contribution in [0.4, 0.5) is 0 Å². The zero-order chi connectivity index (χ0) is 18.8. The second kappa shape index (κ2) is 10.6. The lowest BCUT2D eigenvalue weighted by Gasteiger charge is -2.35. The van der Waals surface area contributed by atoms with Gasteiger partial charge in [0.1, 0.15) is 5.75 Å². The van der Waals surface area contributed by atoms with Crippen LogP contribution in [0.3, 0.4) is 0 Å². The van der Waals surface area contributed by atoms with E-state index in [1.807, 2.05) is 24.3 Å². The maximum Gasteiger partial charge on any atom is 0.308 e. The number of unbranched alkanes of at least 4 members (excludes halogenated alkanes) is 3. The predicted molar refractivity (Wildman–Crippen MR) is 103 cm³/mol. The van der Waals surface area contributed by atoms with E-state index in [1.54, 1.807) is 0 Å². The SMILES string of the molecule is CCCCCCOC(=O)C1CCC(O)(c2ccc(OCCC)cc2)CC1. The topological polar surface area (TPSA) is 55.8 Å². The number of esters is 1. The van der Waals surface area contributed by atoms with Crippen LogP contribution in [0.1, 0.15) is 77.2 Å². The normalized spacial score (nSPS) is 22.8. The molecule has 1 fully saturated rings. The van der Waals surface area contributed by atoms with Crippen LogP contribution in [0.5, 0.6) is 5.75 Å². The number of carbonyl (C=O) groups is 1. The third kappa shape index (κ3) is 6.01. The van der Waals surface area contributed by atoms with Gasteiger partial charge in [0.2, 0.25) is 0 Å². The molecule has 4 heteroatoms. The Morgan fingerprint density at radius 1 is 1.04 bits per heavy atom. The zero-order valence-electron chi connectivity index (χ0n) is 16.3. The number of hydrogen-bond acceptors (Lipinski definition) is 4. The van der Waals surface area contributed by atoms with E-state index in [4.69, 9.17) is 9.47 Å². The molecule has 1 aromatic rings. The molecule has 0 unspecified atom stereocenters. The molecule has 0 heterocycles.